The summed E-state index contributed by atoms with van der Waals surface area (Å²) in [4.78, 5) is 29.8. The third-order valence-corrected chi connectivity index (χ3v) is 5.06. The number of carbonyl (C=O) groups excluding carboxylic acids is 2. The van der Waals surface area contributed by atoms with Crippen LogP contribution in [0.4, 0.5) is 10.1 Å². The van der Waals surface area contributed by atoms with E-state index < -0.39 is 5.95 Å². The van der Waals surface area contributed by atoms with Crippen molar-refractivity contribution in [3.05, 3.63) is 83.9 Å². The number of amides is 1. The van der Waals surface area contributed by atoms with Gasteiger partial charge in [0, 0.05) is 37.3 Å². The van der Waals surface area contributed by atoms with Crippen LogP contribution in [0.2, 0.25) is 0 Å². The van der Waals surface area contributed by atoms with E-state index >= 15 is 0 Å². The molecule has 4 nitrogen and oxygen atoms in total. The standard InChI is InChI=1S/C25H25FN2O2/c1-3-4-25(30)28(2)22-13-11-20(12-14-22)19-7-9-21(10-8-19)23(29)15-5-18-6-16-24(26)27-17-18/h6-14,16-17H,3-5,15H2,1-2H3. The highest BCUT2D eigenvalue weighted by Crippen LogP contribution is 2.24. The maximum Gasteiger partial charge on any atom is 0.226 e. The highest BCUT2D eigenvalue weighted by molar-refractivity contribution is 5.96. The highest BCUT2D eigenvalue weighted by atomic mass is 19.1. The first-order chi connectivity index (χ1) is 14.5. The minimum absolute atomic E-state index is 0.0392. The molecule has 0 radical (unpaired) electrons. The minimum Gasteiger partial charge on any atom is -0.316 e. The molecule has 5 heteroatoms. The molecule has 1 aromatic heterocycles. The number of nitrogens with zero attached hydrogens (tertiary/aromatic N) is 2. The lowest BCUT2D eigenvalue weighted by atomic mass is 9.99. The second-order valence-corrected chi connectivity index (χ2v) is 7.24. The number of rotatable bonds is 8. The fourth-order valence-corrected chi connectivity index (χ4v) is 3.21. The van der Waals surface area contributed by atoms with Gasteiger partial charge < -0.3 is 4.90 Å². The molecule has 0 atom stereocenters. The lowest BCUT2D eigenvalue weighted by molar-refractivity contribution is -0.118. The van der Waals surface area contributed by atoms with Gasteiger partial charge in [0.1, 0.15) is 0 Å². The number of aromatic nitrogens is 1. The zero-order chi connectivity index (χ0) is 21.5. The van der Waals surface area contributed by atoms with E-state index in [-0.39, 0.29) is 11.7 Å². The van der Waals surface area contributed by atoms with Crippen LogP contribution in [0.1, 0.15) is 42.1 Å². The zero-order valence-electron chi connectivity index (χ0n) is 17.3. The SMILES string of the molecule is CCCC(=O)N(C)c1ccc(-c2ccc(C(=O)CCc3ccc(F)nc3)cc2)cc1. The van der Waals surface area contributed by atoms with Crippen LogP contribution in [0.5, 0.6) is 0 Å². The monoisotopic (exact) mass is 404 g/mol. The van der Waals surface area contributed by atoms with E-state index in [1.807, 2.05) is 55.5 Å². The molecular formula is C25H25FN2O2. The molecule has 0 unspecified atom stereocenters. The molecule has 0 saturated heterocycles. The van der Waals surface area contributed by atoms with E-state index in [2.05, 4.69) is 4.98 Å². The number of Topliss-reactive ketones (excluding diaryl/α,β-unsaturated/α-hetero) is 1. The molecule has 154 valence electrons. The van der Waals surface area contributed by atoms with Crippen LogP contribution in [0.25, 0.3) is 11.1 Å². The largest absolute Gasteiger partial charge is 0.316 e. The van der Waals surface area contributed by atoms with E-state index in [0.29, 0.717) is 24.8 Å². The van der Waals surface area contributed by atoms with Crippen molar-refractivity contribution in [1.82, 2.24) is 4.98 Å². The van der Waals surface area contributed by atoms with Crippen molar-refractivity contribution < 1.29 is 14.0 Å². The predicted molar refractivity (Wildman–Crippen MR) is 117 cm³/mol. The number of pyridine rings is 1. The van der Waals surface area contributed by atoms with E-state index in [1.54, 1.807) is 18.0 Å². The third-order valence-electron chi connectivity index (χ3n) is 5.06. The average molecular weight is 404 g/mol. The Morgan fingerprint density at radius 2 is 1.53 bits per heavy atom. The second-order valence-electron chi connectivity index (χ2n) is 7.24. The van der Waals surface area contributed by atoms with Crippen molar-refractivity contribution in [3.8, 4) is 11.1 Å². The van der Waals surface area contributed by atoms with Gasteiger partial charge in [0.05, 0.1) is 0 Å². The third kappa shape index (κ3) is 5.38. The number of aryl methyl sites for hydroxylation is 1. The molecule has 0 bridgehead atoms. The van der Waals surface area contributed by atoms with Gasteiger partial charge in [0.25, 0.3) is 0 Å². The van der Waals surface area contributed by atoms with Crippen LogP contribution in [0.15, 0.2) is 66.9 Å². The van der Waals surface area contributed by atoms with Gasteiger partial charge >= 0.3 is 0 Å². The summed E-state index contributed by atoms with van der Waals surface area (Å²) in [6.45, 7) is 1.99. The molecule has 3 rings (SSSR count). The molecule has 2 aromatic carbocycles. The topological polar surface area (TPSA) is 50.3 Å². The molecule has 1 amide bonds. The number of anilines is 1. The summed E-state index contributed by atoms with van der Waals surface area (Å²) in [5, 5.41) is 0. The summed E-state index contributed by atoms with van der Waals surface area (Å²) < 4.78 is 12.9. The normalized spacial score (nSPS) is 10.6. The number of ketones is 1. The fraction of sp³-hybridized carbons (Fsp3) is 0.240. The van der Waals surface area contributed by atoms with Crippen molar-refractivity contribution in [2.45, 2.75) is 32.6 Å². The Kier molecular flexibility index (Phi) is 7.07. The van der Waals surface area contributed by atoms with E-state index in [1.165, 1.54) is 12.3 Å². The molecule has 0 fully saturated rings. The minimum atomic E-state index is -0.520. The van der Waals surface area contributed by atoms with Gasteiger partial charge in [-0.25, -0.2) is 4.98 Å². The Morgan fingerprint density at radius 3 is 2.10 bits per heavy atom. The molecular weight excluding hydrogens is 379 g/mol. The molecule has 0 spiro atoms. The van der Waals surface area contributed by atoms with Crippen LogP contribution >= 0.6 is 0 Å². The Bertz CT molecular complexity index is 997. The summed E-state index contributed by atoms with van der Waals surface area (Å²) in [5.74, 6) is -0.380. The smallest absolute Gasteiger partial charge is 0.226 e. The van der Waals surface area contributed by atoms with Gasteiger partial charge in [-0.2, -0.15) is 4.39 Å². The Hall–Kier alpha value is -3.34. The first-order valence-electron chi connectivity index (χ1n) is 10.1. The summed E-state index contributed by atoms with van der Waals surface area (Å²) >= 11 is 0. The number of hydrogen-bond donors (Lipinski definition) is 0. The summed E-state index contributed by atoms with van der Waals surface area (Å²) in [7, 11) is 1.79. The first kappa shape index (κ1) is 21.4. The van der Waals surface area contributed by atoms with Gasteiger partial charge in [0.15, 0.2) is 5.78 Å². The maximum absolute atomic E-state index is 12.9. The Balaban J connectivity index is 1.62. The predicted octanol–water partition coefficient (Wildman–Crippen LogP) is 5.47. The molecule has 1 heterocycles. The number of halogens is 1. The summed E-state index contributed by atoms with van der Waals surface area (Å²) in [6.07, 6.45) is 3.69. The van der Waals surface area contributed by atoms with Gasteiger partial charge in [-0.15, -0.1) is 0 Å². The zero-order valence-corrected chi connectivity index (χ0v) is 17.3. The van der Waals surface area contributed by atoms with Gasteiger partial charge in [-0.1, -0.05) is 49.4 Å². The molecule has 3 aromatic rings. The average Bonchev–Trinajstić information content (AvgIpc) is 2.78. The lowest BCUT2D eigenvalue weighted by Gasteiger charge is -2.17. The maximum atomic E-state index is 12.9. The number of hydrogen-bond acceptors (Lipinski definition) is 3. The van der Waals surface area contributed by atoms with Crippen LogP contribution < -0.4 is 4.90 Å². The van der Waals surface area contributed by atoms with Gasteiger partial charge in [0.2, 0.25) is 11.9 Å². The lowest BCUT2D eigenvalue weighted by Crippen LogP contribution is -2.25. The van der Waals surface area contributed by atoms with Crippen LogP contribution in [0, 0.1) is 5.95 Å². The van der Waals surface area contributed by atoms with Crippen molar-refractivity contribution >= 4 is 17.4 Å². The molecule has 30 heavy (non-hydrogen) atoms. The van der Waals surface area contributed by atoms with E-state index in [9.17, 15) is 14.0 Å². The van der Waals surface area contributed by atoms with Gasteiger partial charge in [-0.05, 0) is 47.7 Å². The van der Waals surface area contributed by atoms with Crippen LogP contribution in [-0.4, -0.2) is 23.7 Å². The fourth-order valence-electron chi connectivity index (χ4n) is 3.21. The van der Waals surface area contributed by atoms with Crippen LogP contribution in [0.3, 0.4) is 0 Å². The second kappa shape index (κ2) is 9.92. The van der Waals surface area contributed by atoms with E-state index in [4.69, 9.17) is 0 Å². The number of benzene rings is 2. The molecule has 0 saturated carbocycles. The molecule has 0 N–H and O–H groups in total. The van der Waals surface area contributed by atoms with Crippen molar-refractivity contribution in [3.63, 3.8) is 0 Å². The van der Waals surface area contributed by atoms with E-state index in [0.717, 1.165) is 28.8 Å². The Morgan fingerprint density at radius 1 is 0.900 bits per heavy atom. The summed E-state index contributed by atoms with van der Waals surface area (Å²) in [5.41, 5.74) is 4.37. The molecule has 0 aliphatic heterocycles. The molecule has 0 aliphatic carbocycles. The number of carbonyl (C=O) groups is 2. The van der Waals surface area contributed by atoms with Crippen molar-refractivity contribution in [2.75, 3.05) is 11.9 Å². The van der Waals surface area contributed by atoms with Gasteiger partial charge in [-0.3, -0.25) is 9.59 Å². The molecule has 0 aliphatic rings. The Labute approximate surface area is 176 Å². The quantitative estimate of drug-likeness (QED) is 0.370. The van der Waals surface area contributed by atoms with Crippen LogP contribution in [-0.2, 0) is 11.2 Å². The van der Waals surface area contributed by atoms with Crippen molar-refractivity contribution in [2.24, 2.45) is 0 Å². The van der Waals surface area contributed by atoms with Crippen molar-refractivity contribution in [1.29, 1.82) is 0 Å². The first-order valence-corrected chi connectivity index (χ1v) is 10.1. The highest BCUT2D eigenvalue weighted by Gasteiger charge is 2.10. The summed E-state index contributed by atoms with van der Waals surface area (Å²) in [6, 6.07) is 18.3.